The SMILES string of the molecule is CC1CN(c2ccccn2)CCN1c1nc2cc(C(=O)O)ccc2nc1-c1ccc(F)cc1. The van der Waals surface area contributed by atoms with Crippen LogP contribution >= 0.6 is 0 Å². The van der Waals surface area contributed by atoms with Crippen molar-refractivity contribution < 1.29 is 14.3 Å². The van der Waals surface area contributed by atoms with E-state index in [9.17, 15) is 14.3 Å². The molecule has 0 bridgehead atoms. The first-order chi connectivity index (χ1) is 16.0. The number of pyridine rings is 1. The Morgan fingerprint density at radius 2 is 1.85 bits per heavy atom. The van der Waals surface area contributed by atoms with Crippen LogP contribution in [-0.2, 0) is 0 Å². The van der Waals surface area contributed by atoms with Gasteiger partial charge >= 0.3 is 5.97 Å². The Bertz CT molecular complexity index is 1310. The summed E-state index contributed by atoms with van der Waals surface area (Å²) in [6.07, 6.45) is 1.79. The molecule has 0 saturated carbocycles. The number of anilines is 2. The predicted molar refractivity (Wildman–Crippen MR) is 125 cm³/mol. The van der Waals surface area contributed by atoms with Crippen LogP contribution < -0.4 is 9.80 Å². The molecular formula is C25H22FN5O2. The summed E-state index contributed by atoms with van der Waals surface area (Å²) in [7, 11) is 0. The Balaban J connectivity index is 1.58. The van der Waals surface area contributed by atoms with Crippen LogP contribution in [0.2, 0.25) is 0 Å². The lowest BCUT2D eigenvalue weighted by Crippen LogP contribution is -2.52. The summed E-state index contributed by atoms with van der Waals surface area (Å²) in [5.41, 5.74) is 2.65. The summed E-state index contributed by atoms with van der Waals surface area (Å²) in [6.45, 7) is 4.29. The van der Waals surface area contributed by atoms with Gasteiger partial charge in [0.2, 0.25) is 0 Å². The topological polar surface area (TPSA) is 82.5 Å². The van der Waals surface area contributed by atoms with Gasteiger partial charge in [-0.15, -0.1) is 0 Å². The van der Waals surface area contributed by atoms with Gasteiger partial charge in [0.25, 0.3) is 0 Å². The van der Waals surface area contributed by atoms with Crippen molar-refractivity contribution in [1.82, 2.24) is 15.0 Å². The first-order valence-corrected chi connectivity index (χ1v) is 10.7. The smallest absolute Gasteiger partial charge is 0.335 e. The lowest BCUT2D eigenvalue weighted by Gasteiger charge is -2.41. The molecule has 1 aliphatic heterocycles. The van der Waals surface area contributed by atoms with Crippen molar-refractivity contribution in [2.75, 3.05) is 29.4 Å². The van der Waals surface area contributed by atoms with E-state index in [1.165, 1.54) is 24.3 Å². The van der Waals surface area contributed by atoms with Gasteiger partial charge in [-0.05, 0) is 61.5 Å². The second-order valence-corrected chi connectivity index (χ2v) is 8.09. The molecule has 1 aliphatic rings. The van der Waals surface area contributed by atoms with Crippen LogP contribution in [0.15, 0.2) is 66.9 Å². The predicted octanol–water partition coefficient (Wildman–Crippen LogP) is 4.24. The average molecular weight is 443 g/mol. The number of carboxylic acids is 1. The van der Waals surface area contributed by atoms with E-state index in [0.717, 1.165) is 24.5 Å². The Morgan fingerprint density at radius 1 is 1.03 bits per heavy atom. The number of benzene rings is 2. The molecule has 0 aliphatic carbocycles. The van der Waals surface area contributed by atoms with Gasteiger partial charge in [0.05, 0.1) is 16.6 Å². The molecule has 1 saturated heterocycles. The molecule has 1 N–H and O–H groups in total. The summed E-state index contributed by atoms with van der Waals surface area (Å²) in [6, 6.07) is 16.9. The molecule has 1 atom stereocenters. The highest BCUT2D eigenvalue weighted by Crippen LogP contribution is 2.33. The molecule has 2 aromatic heterocycles. The lowest BCUT2D eigenvalue weighted by molar-refractivity contribution is 0.0697. The fourth-order valence-corrected chi connectivity index (χ4v) is 4.20. The van der Waals surface area contributed by atoms with Crippen molar-refractivity contribution in [2.24, 2.45) is 0 Å². The zero-order valence-electron chi connectivity index (χ0n) is 18.0. The fourth-order valence-electron chi connectivity index (χ4n) is 4.20. The molecule has 7 nitrogen and oxygen atoms in total. The number of rotatable bonds is 4. The van der Waals surface area contributed by atoms with Crippen LogP contribution in [0.3, 0.4) is 0 Å². The molecule has 5 rings (SSSR count). The molecule has 33 heavy (non-hydrogen) atoms. The molecule has 4 aromatic rings. The zero-order chi connectivity index (χ0) is 22.9. The third-order valence-corrected chi connectivity index (χ3v) is 5.88. The van der Waals surface area contributed by atoms with E-state index in [1.807, 2.05) is 18.2 Å². The Kier molecular flexibility index (Phi) is 5.34. The van der Waals surface area contributed by atoms with E-state index in [4.69, 9.17) is 9.97 Å². The number of aromatic carboxylic acids is 1. The fraction of sp³-hybridized carbons (Fsp3) is 0.200. The van der Waals surface area contributed by atoms with Crippen molar-refractivity contribution in [3.05, 3.63) is 78.2 Å². The first kappa shape index (κ1) is 20.8. The minimum absolute atomic E-state index is 0.0920. The number of carbonyl (C=O) groups is 1. The van der Waals surface area contributed by atoms with E-state index < -0.39 is 5.97 Å². The number of hydrogen-bond acceptors (Lipinski definition) is 6. The molecule has 0 amide bonds. The number of carboxylic acid groups (broad SMARTS) is 1. The van der Waals surface area contributed by atoms with Gasteiger partial charge in [0.15, 0.2) is 5.82 Å². The standard InChI is InChI=1S/C25H22FN5O2/c1-16-15-30(22-4-2-3-11-27-22)12-13-31(16)24-23(17-5-8-19(26)9-6-17)28-20-10-7-18(25(32)33)14-21(20)29-24/h2-11,14,16H,12-13,15H2,1H3,(H,32,33). The van der Waals surface area contributed by atoms with E-state index in [-0.39, 0.29) is 17.4 Å². The minimum Gasteiger partial charge on any atom is -0.478 e. The van der Waals surface area contributed by atoms with E-state index >= 15 is 0 Å². The van der Waals surface area contributed by atoms with Crippen LogP contribution in [0.25, 0.3) is 22.3 Å². The van der Waals surface area contributed by atoms with Crippen molar-refractivity contribution in [1.29, 1.82) is 0 Å². The van der Waals surface area contributed by atoms with Gasteiger partial charge in [-0.3, -0.25) is 0 Å². The monoisotopic (exact) mass is 443 g/mol. The molecular weight excluding hydrogens is 421 g/mol. The summed E-state index contributed by atoms with van der Waals surface area (Å²) < 4.78 is 13.6. The first-order valence-electron chi connectivity index (χ1n) is 10.7. The molecule has 2 aromatic carbocycles. The largest absolute Gasteiger partial charge is 0.478 e. The number of hydrogen-bond donors (Lipinski definition) is 1. The van der Waals surface area contributed by atoms with Crippen LogP contribution in [-0.4, -0.2) is 51.7 Å². The quantitative estimate of drug-likeness (QED) is 0.505. The van der Waals surface area contributed by atoms with Crippen molar-refractivity contribution >= 4 is 28.6 Å². The zero-order valence-corrected chi connectivity index (χ0v) is 18.0. The summed E-state index contributed by atoms with van der Waals surface area (Å²) in [4.78, 5) is 30.0. The van der Waals surface area contributed by atoms with Crippen molar-refractivity contribution in [2.45, 2.75) is 13.0 Å². The van der Waals surface area contributed by atoms with Crippen LogP contribution in [0, 0.1) is 5.82 Å². The number of halogens is 1. The molecule has 3 heterocycles. The van der Waals surface area contributed by atoms with E-state index in [1.54, 1.807) is 24.4 Å². The van der Waals surface area contributed by atoms with E-state index in [0.29, 0.717) is 29.1 Å². The molecule has 1 unspecified atom stereocenters. The second-order valence-electron chi connectivity index (χ2n) is 8.09. The molecule has 8 heteroatoms. The highest BCUT2D eigenvalue weighted by Gasteiger charge is 2.28. The van der Waals surface area contributed by atoms with E-state index in [2.05, 4.69) is 21.7 Å². The normalized spacial score (nSPS) is 16.2. The maximum atomic E-state index is 13.6. The van der Waals surface area contributed by atoms with Crippen molar-refractivity contribution in [3.8, 4) is 11.3 Å². The summed E-state index contributed by atoms with van der Waals surface area (Å²) in [5, 5.41) is 9.39. The third-order valence-electron chi connectivity index (χ3n) is 5.88. The molecule has 166 valence electrons. The number of aromatic nitrogens is 3. The van der Waals surface area contributed by atoms with Gasteiger partial charge < -0.3 is 14.9 Å². The van der Waals surface area contributed by atoms with Crippen molar-refractivity contribution in [3.63, 3.8) is 0 Å². The number of piperazine rings is 1. The van der Waals surface area contributed by atoms with Gasteiger partial charge in [-0.1, -0.05) is 6.07 Å². The lowest BCUT2D eigenvalue weighted by atomic mass is 10.1. The molecule has 0 spiro atoms. The van der Waals surface area contributed by atoms with Crippen LogP contribution in [0.4, 0.5) is 16.0 Å². The summed E-state index contributed by atoms with van der Waals surface area (Å²) >= 11 is 0. The maximum Gasteiger partial charge on any atom is 0.335 e. The second kappa shape index (κ2) is 8.46. The number of fused-ring (bicyclic) bond motifs is 1. The Labute approximate surface area is 190 Å². The van der Waals surface area contributed by atoms with Crippen LogP contribution in [0.1, 0.15) is 17.3 Å². The maximum absolute atomic E-state index is 13.6. The molecule has 0 radical (unpaired) electrons. The highest BCUT2D eigenvalue weighted by atomic mass is 19.1. The number of nitrogens with zero attached hydrogens (tertiary/aromatic N) is 5. The Morgan fingerprint density at radius 3 is 2.55 bits per heavy atom. The van der Waals surface area contributed by atoms with Gasteiger partial charge in [0.1, 0.15) is 17.3 Å². The van der Waals surface area contributed by atoms with Gasteiger partial charge in [-0.2, -0.15) is 0 Å². The van der Waals surface area contributed by atoms with Crippen LogP contribution in [0.5, 0.6) is 0 Å². The highest BCUT2D eigenvalue weighted by molar-refractivity contribution is 5.93. The summed E-state index contributed by atoms with van der Waals surface area (Å²) in [5.74, 6) is 0.251. The van der Waals surface area contributed by atoms with Gasteiger partial charge in [0, 0.05) is 37.4 Å². The average Bonchev–Trinajstić information content (AvgIpc) is 2.84. The Hall–Kier alpha value is -4.07. The molecule has 1 fully saturated rings. The third kappa shape index (κ3) is 4.07. The minimum atomic E-state index is -1.01. The van der Waals surface area contributed by atoms with Gasteiger partial charge in [-0.25, -0.2) is 24.1 Å².